The predicted octanol–water partition coefficient (Wildman–Crippen LogP) is 2.55. The summed E-state index contributed by atoms with van der Waals surface area (Å²) in [6, 6.07) is 14.2. The number of hydrogen-bond donors (Lipinski definition) is 0. The van der Waals surface area contributed by atoms with E-state index >= 15 is 0 Å². The van der Waals surface area contributed by atoms with Crippen LogP contribution in [-0.2, 0) is 0 Å². The highest BCUT2D eigenvalue weighted by atomic mass is 16.5. The van der Waals surface area contributed by atoms with Gasteiger partial charge in [-0.3, -0.25) is 19.0 Å². The van der Waals surface area contributed by atoms with Gasteiger partial charge in [0.05, 0.1) is 25.8 Å². The molecular formula is C25H25N3O5. The molecular weight excluding hydrogens is 422 g/mol. The first-order valence-electron chi connectivity index (χ1n) is 11.0. The van der Waals surface area contributed by atoms with E-state index in [2.05, 4.69) is 0 Å². The first-order chi connectivity index (χ1) is 15.9. The van der Waals surface area contributed by atoms with Crippen LogP contribution in [0.3, 0.4) is 0 Å². The van der Waals surface area contributed by atoms with Gasteiger partial charge >= 0.3 is 0 Å². The molecule has 0 radical (unpaired) electrons. The van der Waals surface area contributed by atoms with Crippen molar-refractivity contribution in [2.75, 3.05) is 20.2 Å². The van der Waals surface area contributed by atoms with Gasteiger partial charge in [-0.2, -0.15) is 0 Å². The number of para-hydroxylation sites is 1. The molecule has 0 unspecified atom stereocenters. The third kappa shape index (κ3) is 4.04. The highest BCUT2D eigenvalue weighted by Crippen LogP contribution is 2.35. The predicted molar refractivity (Wildman–Crippen MR) is 123 cm³/mol. The van der Waals surface area contributed by atoms with Crippen LogP contribution >= 0.6 is 0 Å². The van der Waals surface area contributed by atoms with Crippen LogP contribution in [0, 0.1) is 6.92 Å². The van der Waals surface area contributed by atoms with Crippen molar-refractivity contribution in [1.29, 1.82) is 0 Å². The van der Waals surface area contributed by atoms with E-state index in [-0.39, 0.29) is 28.9 Å². The van der Waals surface area contributed by atoms with Crippen LogP contribution in [0.2, 0.25) is 0 Å². The normalized spacial score (nSPS) is 15.8. The molecule has 3 heterocycles. The summed E-state index contributed by atoms with van der Waals surface area (Å²) >= 11 is 0. The van der Waals surface area contributed by atoms with Crippen LogP contribution in [0.1, 0.15) is 34.9 Å². The summed E-state index contributed by atoms with van der Waals surface area (Å²) in [4.78, 5) is 39.7. The smallest absolute Gasteiger partial charge is 0.259 e. The molecule has 8 heteroatoms. The Kier molecular flexibility index (Phi) is 5.28. The molecule has 0 atom stereocenters. The molecule has 2 fully saturated rings. The molecule has 8 nitrogen and oxygen atoms in total. The number of amides is 1. The number of rotatable bonds is 6. The molecule has 1 aliphatic carbocycles. The van der Waals surface area contributed by atoms with Gasteiger partial charge in [-0.15, -0.1) is 0 Å². The molecule has 1 amide bonds. The molecule has 1 aliphatic heterocycles. The Labute approximate surface area is 190 Å². The molecule has 170 valence electrons. The summed E-state index contributed by atoms with van der Waals surface area (Å²) in [5, 5.41) is 0. The summed E-state index contributed by atoms with van der Waals surface area (Å²) < 4.78 is 14.5. The van der Waals surface area contributed by atoms with Crippen molar-refractivity contribution in [3.8, 4) is 17.2 Å². The van der Waals surface area contributed by atoms with Crippen molar-refractivity contribution in [3.63, 3.8) is 0 Å². The van der Waals surface area contributed by atoms with Crippen molar-refractivity contribution < 1.29 is 14.3 Å². The first kappa shape index (κ1) is 21.1. The summed E-state index contributed by atoms with van der Waals surface area (Å²) in [6.07, 6.45) is 3.41. The second-order valence-electron chi connectivity index (χ2n) is 8.52. The summed E-state index contributed by atoms with van der Waals surface area (Å²) in [7, 11) is 1.44. The number of aryl methyl sites for hydroxylation is 1. The number of carbonyl (C=O) groups is 1. The average Bonchev–Trinajstić information content (AvgIpc) is 3.60. The van der Waals surface area contributed by atoms with Crippen molar-refractivity contribution in [3.05, 3.63) is 86.7 Å². The lowest BCUT2D eigenvalue weighted by atomic mass is 10.1. The number of nitrogens with zero attached hydrogens (tertiary/aromatic N) is 3. The van der Waals surface area contributed by atoms with E-state index in [0.29, 0.717) is 36.1 Å². The number of aromatic nitrogens is 2. The SMILES string of the molecule is COc1cc(=O)n(-c2ccccc2)cc1C(=O)N1CC(Oc2cc(C)n(C3CC3)c(=O)c2)C1. The Morgan fingerprint density at radius 1 is 1.00 bits per heavy atom. The van der Waals surface area contributed by atoms with Crippen LogP contribution < -0.4 is 20.6 Å². The standard InChI is InChI=1S/C25H25N3O5/c1-16-10-19(11-24(30)28(16)18-8-9-18)33-20-13-26(14-20)25(31)21-15-27(17-6-4-3-5-7-17)23(29)12-22(21)32-2/h3-7,10-12,15,18,20H,8-9,13-14H2,1-2H3. The fourth-order valence-corrected chi connectivity index (χ4v) is 4.23. The third-order valence-corrected chi connectivity index (χ3v) is 6.08. The Morgan fingerprint density at radius 3 is 2.36 bits per heavy atom. The lowest BCUT2D eigenvalue weighted by molar-refractivity contribution is 0.0174. The summed E-state index contributed by atoms with van der Waals surface area (Å²) in [5.41, 5.74) is 1.53. The van der Waals surface area contributed by atoms with Gasteiger partial charge in [0.25, 0.3) is 17.0 Å². The second-order valence-corrected chi connectivity index (χ2v) is 8.52. The van der Waals surface area contributed by atoms with Crippen LogP contribution in [0.15, 0.2) is 64.3 Å². The number of likely N-dealkylation sites (tertiary alicyclic amines) is 1. The molecule has 5 rings (SSSR count). The van der Waals surface area contributed by atoms with E-state index in [1.165, 1.54) is 30.0 Å². The highest BCUT2D eigenvalue weighted by molar-refractivity contribution is 5.97. The van der Waals surface area contributed by atoms with Crippen LogP contribution in [0.4, 0.5) is 0 Å². The van der Waals surface area contributed by atoms with E-state index in [4.69, 9.17) is 9.47 Å². The lowest BCUT2D eigenvalue weighted by Crippen LogP contribution is -2.56. The Hall–Kier alpha value is -3.81. The van der Waals surface area contributed by atoms with Gasteiger partial charge in [-0.05, 0) is 38.0 Å². The maximum absolute atomic E-state index is 13.2. The molecule has 0 spiro atoms. The van der Waals surface area contributed by atoms with Gasteiger partial charge in [0.1, 0.15) is 17.6 Å². The molecule has 2 aromatic heterocycles. The largest absolute Gasteiger partial charge is 0.496 e. The zero-order valence-electron chi connectivity index (χ0n) is 18.6. The third-order valence-electron chi connectivity index (χ3n) is 6.08. The molecule has 0 bridgehead atoms. The minimum absolute atomic E-state index is 0.0485. The van der Waals surface area contributed by atoms with Gasteiger partial charge in [0, 0.05) is 35.8 Å². The summed E-state index contributed by atoms with van der Waals surface area (Å²) in [6.45, 7) is 2.69. The summed E-state index contributed by atoms with van der Waals surface area (Å²) in [5.74, 6) is 0.527. The number of hydrogen-bond acceptors (Lipinski definition) is 5. The molecule has 1 saturated carbocycles. The minimum atomic E-state index is -0.282. The minimum Gasteiger partial charge on any atom is -0.496 e. The average molecular weight is 447 g/mol. The van der Waals surface area contributed by atoms with Crippen LogP contribution in [-0.4, -0.2) is 46.2 Å². The van der Waals surface area contributed by atoms with Gasteiger partial charge in [-0.25, -0.2) is 0 Å². The first-order valence-corrected chi connectivity index (χ1v) is 11.0. The van der Waals surface area contributed by atoms with Crippen molar-refractivity contribution in [2.24, 2.45) is 0 Å². The number of carbonyl (C=O) groups excluding carboxylic acids is 1. The zero-order valence-corrected chi connectivity index (χ0v) is 18.6. The Bertz CT molecular complexity index is 1320. The zero-order chi connectivity index (χ0) is 23.1. The maximum Gasteiger partial charge on any atom is 0.259 e. The molecule has 3 aromatic rings. The van der Waals surface area contributed by atoms with E-state index in [1.54, 1.807) is 17.0 Å². The monoisotopic (exact) mass is 447 g/mol. The van der Waals surface area contributed by atoms with Crippen LogP contribution in [0.25, 0.3) is 5.69 Å². The number of methoxy groups -OCH3 is 1. The number of pyridine rings is 2. The fourth-order valence-electron chi connectivity index (χ4n) is 4.23. The number of benzene rings is 1. The Balaban J connectivity index is 1.31. The van der Waals surface area contributed by atoms with Crippen molar-refractivity contribution in [2.45, 2.75) is 31.9 Å². The van der Waals surface area contributed by atoms with E-state index in [1.807, 2.05) is 35.8 Å². The van der Waals surface area contributed by atoms with Gasteiger partial charge in [0.15, 0.2) is 0 Å². The maximum atomic E-state index is 13.2. The van der Waals surface area contributed by atoms with Gasteiger partial charge in [0.2, 0.25) is 0 Å². The number of ether oxygens (including phenoxy) is 2. The Morgan fingerprint density at radius 2 is 1.73 bits per heavy atom. The topological polar surface area (TPSA) is 82.8 Å². The fraction of sp³-hybridized carbons (Fsp3) is 0.320. The molecule has 2 aliphatic rings. The van der Waals surface area contributed by atoms with Gasteiger partial charge in [-0.1, -0.05) is 18.2 Å². The lowest BCUT2D eigenvalue weighted by Gasteiger charge is -2.39. The van der Waals surface area contributed by atoms with E-state index in [9.17, 15) is 14.4 Å². The van der Waals surface area contributed by atoms with Crippen molar-refractivity contribution in [1.82, 2.24) is 14.0 Å². The quantitative estimate of drug-likeness (QED) is 0.580. The van der Waals surface area contributed by atoms with E-state index < -0.39 is 0 Å². The van der Waals surface area contributed by atoms with Crippen LogP contribution in [0.5, 0.6) is 11.5 Å². The molecule has 33 heavy (non-hydrogen) atoms. The second kappa shape index (κ2) is 8.27. The van der Waals surface area contributed by atoms with E-state index in [0.717, 1.165) is 18.5 Å². The molecule has 1 saturated heterocycles. The molecule has 1 aromatic carbocycles. The highest BCUT2D eigenvalue weighted by Gasteiger charge is 2.35. The van der Waals surface area contributed by atoms with Gasteiger partial charge < -0.3 is 18.9 Å². The van der Waals surface area contributed by atoms with Crippen molar-refractivity contribution >= 4 is 5.91 Å². The molecule has 0 N–H and O–H groups in total.